The molecule has 2 aliphatic rings. The number of nitrogens with zero attached hydrogens (tertiary/aromatic N) is 4. The highest BCUT2D eigenvalue weighted by Crippen LogP contribution is 2.48. The van der Waals surface area contributed by atoms with Crippen LogP contribution in [0.4, 0.5) is 0 Å². The summed E-state index contributed by atoms with van der Waals surface area (Å²) in [6.07, 6.45) is 6.42. The lowest BCUT2D eigenvalue weighted by molar-refractivity contribution is -0.0383. The van der Waals surface area contributed by atoms with Gasteiger partial charge < -0.3 is 14.5 Å². The van der Waals surface area contributed by atoms with Gasteiger partial charge in [0.05, 0.1) is 6.04 Å². The van der Waals surface area contributed by atoms with E-state index in [2.05, 4.69) is 28.4 Å². The second-order valence-electron chi connectivity index (χ2n) is 7.60. The molecule has 2 aromatic rings. The molecule has 2 aromatic heterocycles. The zero-order valence-corrected chi connectivity index (χ0v) is 14.0. The van der Waals surface area contributed by atoms with Crippen molar-refractivity contribution in [2.24, 2.45) is 11.3 Å². The molecule has 6 nitrogen and oxygen atoms in total. The van der Waals surface area contributed by atoms with Crippen molar-refractivity contribution < 1.29 is 4.79 Å². The van der Waals surface area contributed by atoms with E-state index in [9.17, 15) is 4.79 Å². The van der Waals surface area contributed by atoms with Crippen LogP contribution in [0.3, 0.4) is 0 Å². The van der Waals surface area contributed by atoms with Gasteiger partial charge in [-0.05, 0) is 30.9 Å². The molecule has 124 valence electrons. The van der Waals surface area contributed by atoms with Gasteiger partial charge in [0, 0.05) is 30.9 Å². The number of hydrogen-bond donors (Lipinski definition) is 1. The van der Waals surface area contributed by atoms with Gasteiger partial charge in [0.25, 0.3) is 5.91 Å². The minimum atomic E-state index is -0.0678. The van der Waals surface area contributed by atoms with Crippen molar-refractivity contribution >= 4 is 5.91 Å². The number of amides is 1. The topological polar surface area (TPSA) is 77.7 Å². The van der Waals surface area contributed by atoms with Gasteiger partial charge in [-0.25, -0.2) is 4.98 Å². The van der Waals surface area contributed by atoms with Crippen LogP contribution in [-0.2, 0) is 6.54 Å². The van der Waals surface area contributed by atoms with Crippen molar-refractivity contribution in [3.8, 4) is 6.07 Å². The Kier molecular flexibility index (Phi) is 3.27. The number of H-pyrrole nitrogens is 1. The van der Waals surface area contributed by atoms with Crippen molar-refractivity contribution in [2.75, 3.05) is 6.54 Å². The third kappa shape index (κ3) is 2.41. The minimum Gasteiger partial charge on any atom is -0.342 e. The van der Waals surface area contributed by atoms with Gasteiger partial charge >= 0.3 is 0 Å². The van der Waals surface area contributed by atoms with Crippen LogP contribution >= 0.6 is 0 Å². The first-order valence-corrected chi connectivity index (χ1v) is 8.41. The van der Waals surface area contributed by atoms with E-state index in [0.29, 0.717) is 17.9 Å². The smallest absolute Gasteiger partial charge is 0.270 e. The van der Waals surface area contributed by atoms with Crippen LogP contribution in [0.1, 0.15) is 54.7 Å². The monoisotopic (exact) mass is 323 g/mol. The molecule has 4 rings (SSSR count). The number of rotatable bonds is 4. The maximum atomic E-state index is 12.8. The Morgan fingerprint density at radius 2 is 2.25 bits per heavy atom. The molecule has 1 amide bonds. The van der Waals surface area contributed by atoms with Gasteiger partial charge in [-0.1, -0.05) is 13.8 Å². The van der Waals surface area contributed by atoms with E-state index in [-0.39, 0.29) is 17.4 Å². The molecule has 1 saturated heterocycles. The Labute approximate surface area is 141 Å². The maximum Gasteiger partial charge on any atom is 0.270 e. The lowest BCUT2D eigenvalue weighted by Gasteiger charge is -2.53. The molecule has 2 fully saturated rings. The second kappa shape index (κ2) is 5.23. The zero-order valence-electron chi connectivity index (χ0n) is 14.0. The van der Waals surface area contributed by atoms with Gasteiger partial charge in [0.15, 0.2) is 0 Å². The van der Waals surface area contributed by atoms with Crippen LogP contribution < -0.4 is 0 Å². The van der Waals surface area contributed by atoms with Crippen LogP contribution in [0.5, 0.6) is 0 Å². The number of aromatic nitrogens is 3. The van der Waals surface area contributed by atoms with E-state index in [1.807, 2.05) is 23.4 Å². The third-order valence-electron chi connectivity index (χ3n) is 5.07. The quantitative estimate of drug-likeness (QED) is 0.939. The SMILES string of the molecule is CC1(C)CN(C(=O)c2ccc(C#N)[nH]2)C1c1nccn1CC1CC1. The highest BCUT2D eigenvalue weighted by Gasteiger charge is 2.51. The number of nitriles is 1. The summed E-state index contributed by atoms with van der Waals surface area (Å²) in [5.74, 6) is 1.66. The average molecular weight is 323 g/mol. The molecule has 1 aliphatic heterocycles. The Morgan fingerprint density at radius 3 is 2.88 bits per heavy atom. The summed E-state index contributed by atoms with van der Waals surface area (Å²) in [6, 6.07) is 5.31. The number of likely N-dealkylation sites (tertiary alicyclic amines) is 1. The Bertz CT molecular complexity index is 821. The number of hydrogen-bond acceptors (Lipinski definition) is 3. The molecule has 0 radical (unpaired) electrons. The Morgan fingerprint density at radius 1 is 1.46 bits per heavy atom. The number of imidazole rings is 1. The number of nitrogens with one attached hydrogen (secondary N) is 1. The molecule has 1 N–H and O–H groups in total. The molecule has 3 heterocycles. The highest BCUT2D eigenvalue weighted by molar-refractivity contribution is 5.93. The normalized spacial score (nSPS) is 22.0. The van der Waals surface area contributed by atoms with Crippen LogP contribution in [-0.4, -0.2) is 31.9 Å². The third-order valence-corrected chi connectivity index (χ3v) is 5.07. The Balaban J connectivity index is 1.61. The van der Waals surface area contributed by atoms with Crippen LogP contribution in [0.15, 0.2) is 24.5 Å². The molecule has 0 aromatic carbocycles. The van der Waals surface area contributed by atoms with Crippen LogP contribution in [0.25, 0.3) is 0 Å². The van der Waals surface area contributed by atoms with Gasteiger partial charge in [-0.2, -0.15) is 5.26 Å². The van der Waals surface area contributed by atoms with Crippen molar-refractivity contribution in [1.82, 2.24) is 19.4 Å². The highest BCUT2D eigenvalue weighted by atomic mass is 16.2. The lowest BCUT2D eigenvalue weighted by atomic mass is 9.74. The number of carbonyl (C=O) groups is 1. The van der Waals surface area contributed by atoms with E-state index in [0.717, 1.165) is 18.3 Å². The molecular formula is C18H21N5O. The molecule has 1 atom stereocenters. The predicted octanol–water partition coefficient (Wildman–Crippen LogP) is 2.72. The average Bonchev–Trinajstić information content (AvgIpc) is 3.05. The summed E-state index contributed by atoms with van der Waals surface area (Å²) < 4.78 is 2.21. The van der Waals surface area contributed by atoms with Gasteiger partial charge in [-0.3, -0.25) is 4.79 Å². The largest absolute Gasteiger partial charge is 0.342 e. The standard InChI is InChI=1S/C18H21N5O/c1-18(2)11-23(17(24)14-6-5-13(9-19)21-14)15(18)16-20-7-8-22(16)10-12-3-4-12/h5-8,12,15,21H,3-4,10-11H2,1-2H3. The Hall–Kier alpha value is -2.55. The molecule has 6 heteroatoms. The summed E-state index contributed by atoms with van der Waals surface area (Å²) in [5, 5.41) is 8.93. The fourth-order valence-electron chi connectivity index (χ4n) is 3.65. The summed E-state index contributed by atoms with van der Waals surface area (Å²) >= 11 is 0. The van der Waals surface area contributed by atoms with Gasteiger partial charge in [0.1, 0.15) is 23.3 Å². The summed E-state index contributed by atoms with van der Waals surface area (Å²) in [4.78, 5) is 22.2. The first-order chi connectivity index (χ1) is 11.5. The second-order valence-corrected chi connectivity index (χ2v) is 7.60. The van der Waals surface area contributed by atoms with Crippen molar-refractivity contribution in [2.45, 2.75) is 39.3 Å². The van der Waals surface area contributed by atoms with Crippen molar-refractivity contribution in [1.29, 1.82) is 5.26 Å². The molecular weight excluding hydrogens is 302 g/mol. The van der Waals surface area contributed by atoms with E-state index < -0.39 is 0 Å². The van der Waals surface area contributed by atoms with Gasteiger partial charge in [-0.15, -0.1) is 0 Å². The first-order valence-electron chi connectivity index (χ1n) is 8.41. The molecule has 1 unspecified atom stereocenters. The van der Waals surface area contributed by atoms with E-state index in [1.54, 1.807) is 12.1 Å². The zero-order chi connectivity index (χ0) is 16.9. The number of carbonyl (C=O) groups excluding carboxylic acids is 1. The fraction of sp³-hybridized carbons (Fsp3) is 0.500. The summed E-state index contributed by atoms with van der Waals surface area (Å²) in [7, 11) is 0. The predicted molar refractivity (Wildman–Crippen MR) is 88.0 cm³/mol. The summed E-state index contributed by atoms with van der Waals surface area (Å²) in [6.45, 7) is 6.03. The first kappa shape index (κ1) is 15.0. The maximum absolute atomic E-state index is 12.8. The fourth-order valence-corrected chi connectivity index (χ4v) is 3.65. The van der Waals surface area contributed by atoms with Crippen LogP contribution in [0, 0.1) is 22.7 Å². The van der Waals surface area contributed by atoms with Crippen molar-refractivity contribution in [3.63, 3.8) is 0 Å². The summed E-state index contributed by atoms with van der Waals surface area (Å²) in [5.41, 5.74) is 0.865. The minimum absolute atomic E-state index is 0.00698. The van der Waals surface area contributed by atoms with Crippen LogP contribution in [0.2, 0.25) is 0 Å². The van der Waals surface area contributed by atoms with Gasteiger partial charge in [0.2, 0.25) is 0 Å². The van der Waals surface area contributed by atoms with Crippen molar-refractivity contribution in [3.05, 3.63) is 41.7 Å². The molecule has 1 saturated carbocycles. The van der Waals surface area contributed by atoms with E-state index in [1.165, 1.54) is 12.8 Å². The lowest BCUT2D eigenvalue weighted by Crippen LogP contribution is -2.58. The molecule has 24 heavy (non-hydrogen) atoms. The molecule has 0 spiro atoms. The van der Waals surface area contributed by atoms with E-state index >= 15 is 0 Å². The molecule has 1 aliphatic carbocycles. The molecule has 0 bridgehead atoms. The van der Waals surface area contributed by atoms with E-state index in [4.69, 9.17) is 5.26 Å². The number of aromatic amines is 1.